The standard InChI is InChI=1S/C13H20O3.C12H18O3/c1-3-4-5-6-11-10(7-8-12(11)14)9-13(15)16-2;1-2-3-4-5-10-9(8-12(14)15)6-7-11(10)13/h4-5,10-11H,3,6-9H2,1-2H3;3-4,9-10H,2,5-8H2,1H3,(H,14,15)/b5-4-;4-3-/t10-,11+;9-,10+/m00/s1. The maximum atomic E-state index is 11.7. The van der Waals surface area contributed by atoms with Crippen molar-refractivity contribution in [3.8, 4) is 0 Å². The molecule has 6 nitrogen and oxygen atoms in total. The Bertz CT molecular complexity index is 663. The summed E-state index contributed by atoms with van der Waals surface area (Å²) in [5, 5.41) is 8.72. The first-order chi connectivity index (χ1) is 14.8. The lowest BCUT2D eigenvalue weighted by atomic mass is 9.89. The lowest BCUT2D eigenvalue weighted by molar-refractivity contribution is -0.142. The minimum Gasteiger partial charge on any atom is -0.481 e. The van der Waals surface area contributed by atoms with E-state index in [1.54, 1.807) is 0 Å². The highest BCUT2D eigenvalue weighted by Gasteiger charge is 2.35. The third kappa shape index (κ3) is 9.62. The Morgan fingerprint density at radius 3 is 1.71 bits per heavy atom. The zero-order valence-electron chi connectivity index (χ0n) is 19.2. The molecule has 31 heavy (non-hydrogen) atoms. The van der Waals surface area contributed by atoms with E-state index in [9.17, 15) is 19.2 Å². The summed E-state index contributed by atoms with van der Waals surface area (Å²) in [6, 6.07) is 0. The number of methoxy groups -OCH3 is 1. The summed E-state index contributed by atoms with van der Waals surface area (Å²) in [6.07, 6.45) is 14.9. The van der Waals surface area contributed by atoms with Crippen LogP contribution >= 0.6 is 0 Å². The van der Waals surface area contributed by atoms with E-state index in [0.717, 1.165) is 32.1 Å². The minimum absolute atomic E-state index is 0.0295. The Hall–Kier alpha value is -2.24. The van der Waals surface area contributed by atoms with Crippen LogP contribution in [0.2, 0.25) is 0 Å². The van der Waals surface area contributed by atoms with Crippen molar-refractivity contribution in [2.45, 2.75) is 78.1 Å². The quantitative estimate of drug-likeness (QED) is 0.387. The molecule has 2 aliphatic carbocycles. The molecule has 0 spiro atoms. The van der Waals surface area contributed by atoms with E-state index in [2.05, 4.69) is 23.8 Å². The molecule has 0 aliphatic heterocycles. The predicted molar refractivity (Wildman–Crippen MR) is 119 cm³/mol. The van der Waals surface area contributed by atoms with Gasteiger partial charge >= 0.3 is 11.9 Å². The molecule has 0 heterocycles. The highest BCUT2D eigenvalue weighted by atomic mass is 16.5. The molecule has 2 rings (SSSR count). The monoisotopic (exact) mass is 434 g/mol. The fourth-order valence-electron chi connectivity index (χ4n) is 4.43. The van der Waals surface area contributed by atoms with Gasteiger partial charge in [0.05, 0.1) is 7.11 Å². The van der Waals surface area contributed by atoms with Crippen LogP contribution in [0.15, 0.2) is 24.3 Å². The second-order valence-electron chi connectivity index (χ2n) is 8.35. The van der Waals surface area contributed by atoms with E-state index in [1.807, 2.05) is 19.1 Å². The number of hydrogen-bond acceptors (Lipinski definition) is 5. The zero-order chi connectivity index (χ0) is 23.2. The molecule has 0 aromatic heterocycles. The molecule has 0 aromatic carbocycles. The number of allylic oxidation sites excluding steroid dienone is 4. The van der Waals surface area contributed by atoms with E-state index in [4.69, 9.17) is 5.11 Å². The van der Waals surface area contributed by atoms with Crippen molar-refractivity contribution in [1.82, 2.24) is 0 Å². The maximum Gasteiger partial charge on any atom is 0.305 e. The Labute approximate surface area is 186 Å². The van der Waals surface area contributed by atoms with Gasteiger partial charge in [0.25, 0.3) is 0 Å². The molecule has 2 fully saturated rings. The van der Waals surface area contributed by atoms with Crippen molar-refractivity contribution in [2.24, 2.45) is 23.7 Å². The molecule has 0 amide bonds. The minimum atomic E-state index is -0.792. The Morgan fingerprint density at radius 2 is 1.32 bits per heavy atom. The van der Waals surface area contributed by atoms with Gasteiger partial charge in [-0.15, -0.1) is 0 Å². The number of Topliss-reactive ketones (excluding diaryl/α,β-unsaturated/α-hetero) is 2. The lowest BCUT2D eigenvalue weighted by Crippen LogP contribution is -2.18. The van der Waals surface area contributed by atoms with Gasteiger partial charge in [-0.2, -0.15) is 0 Å². The van der Waals surface area contributed by atoms with Crippen molar-refractivity contribution < 1.29 is 29.0 Å². The van der Waals surface area contributed by atoms with Gasteiger partial charge in [0.2, 0.25) is 0 Å². The van der Waals surface area contributed by atoms with Crippen LogP contribution in [0, 0.1) is 23.7 Å². The highest BCUT2D eigenvalue weighted by molar-refractivity contribution is 5.85. The number of hydrogen-bond donors (Lipinski definition) is 1. The van der Waals surface area contributed by atoms with E-state index in [1.165, 1.54) is 7.11 Å². The van der Waals surface area contributed by atoms with Crippen LogP contribution in [0.3, 0.4) is 0 Å². The van der Waals surface area contributed by atoms with Crippen molar-refractivity contribution in [3.63, 3.8) is 0 Å². The highest BCUT2D eigenvalue weighted by Crippen LogP contribution is 2.35. The molecule has 0 saturated heterocycles. The van der Waals surface area contributed by atoms with Crippen LogP contribution in [0.1, 0.15) is 78.1 Å². The van der Waals surface area contributed by atoms with Crippen LogP contribution in [-0.2, 0) is 23.9 Å². The van der Waals surface area contributed by atoms with E-state index < -0.39 is 5.97 Å². The van der Waals surface area contributed by atoms with Crippen molar-refractivity contribution in [2.75, 3.05) is 7.11 Å². The topological polar surface area (TPSA) is 97.7 Å². The second kappa shape index (κ2) is 14.7. The summed E-state index contributed by atoms with van der Waals surface area (Å²) in [5.41, 5.74) is 0. The van der Waals surface area contributed by atoms with Gasteiger partial charge in [0.15, 0.2) is 0 Å². The fourth-order valence-corrected chi connectivity index (χ4v) is 4.43. The van der Waals surface area contributed by atoms with Crippen molar-refractivity contribution in [3.05, 3.63) is 24.3 Å². The lowest BCUT2D eigenvalue weighted by Gasteiger charge is -2.15. The summed E-state index contributed by atoms with van der Waals surface area (Å²) >= 11 is 0. The van der Waals surface area contributed by atoms with Gasteiger partial charge in [-0.25, -0.2) is 0 Å². The number of aliphatic carboxylic acids is 1. The van der Waals surface area contributed by atoms with Gasteiger partial charge in [0, 0.05) is 37.5 Å². The molecule has 2 aliphatic rings. The molecule has 6 heteroatoms. The van der Waals surface area contributed by atoms with Crippen LogP contribution in [0.5, 0.6) is 0 Å². The average molecular weight is 435 g/mol. The second-order valence-corrected chi connectivity index (χ2v) is 8.35. The first-order valence-electron chi connectivity index (χ1n) is 11.5. The number of carbonyl (C=O) groups is 4. The van der Waals surface area contributed by atoms with E-state index in [0.29, 0.717) is 31.5 Å². The van der Waals surface area contributed by atoms with Gasteiger partial charge < -0.3 is 9.84 Å². The van der Waals surface area contributed by atoms with Gasteiger partial charge in [-0.3, -0.25) is 19.2 Å². The first-order valence-corrected chi connectivity index (χ1v) is 11.5. The van der Waals surface area contributed by atoms with Crippen molar-refractivity contribution in [1.29, 1.82) is 0 Å². The summed E-state index contributed by atoms with van der Waals surface area (Å²) < 4.78 is 4.65. The molecular weight excluding hydrogens is 396 g/mol. The number of esters is 1. The van der Waals surface area contributed by atoms with Crippen LogP contribution in [-0.4, -0.2) is 35.7 Å². The number of carboxylic acid groups (broad SMARTS) is 1. The normalized spacial score (nSPS) is 25.8. The molecule has 0 unspecified atom stereocenters. The number of ketones is 2. The van der Waals surface area contributed by atoms with Gasteiger partial charge in [-0.1, -0.05) is 38.2 Å². The number of ether oxygens (including phenoxy) is 1. The predicted octanol–water partition coefficient (Wildman–Crippen LogP) is 4.91. The van der Waals surface area contributed by atoms with Crippen LogP contribution in [0.4, 0.5) is 0 Å². The van der Waals surface area contributed by atoms with Gasteiger partial charge in [0.1, 0.15) is 11.6 Å². The first kappa shape index (κ1) is 26.8. The molecule has 0 aromatic rings. The molecule has 0 radical (unpaired) electrons. The summed E-state index contributed by atoms with van der Waals surface area (Å²) in [6.45, 7) is 4.11. The molecule has 1 N–H and O–H groups in total. The summed E-state index contributed by atoms with van der Waals surface area (Å²) in [7, 11) is 1.39. The number of rotatable bonds is 10. The molecule has 4 atom stereocenters. The third-order valence-electron chi connectivity index (χ3n) is 6.17. The van der Waals surface area contributed by atoms with Crippen LogP contribution in [0.25, 0.3) is 0 Å². The average Bonchev–Trinajstić information content (AvgIpc) is 3.25. The Kier molecular flexibility index (Phi) is 12.7. The molecule has 174 valence electrons. The number of carbonyl (C=O) groups excluding carboxylic acids is 3. The summed E-state index contributed by atoms with van der Waals surface area (Å²) in [5.74, 6) is -0.247. The smallest absolute Gasteiger partial charge is 0.305 e. The zero-order valence-corrected chi connectivity index (χ0v) is 19.2. The summed E-state index contributed by atoms with van der Waals surface area (Å²) in [4.78, 5) is 45.0. The third-order valence-corrected chi connectivity index (χ3v) is 6.17. The van der Waals surface area contributed by atoms with E-state index in [-0.39, 0.29) is 41.8 Å². The SMILES string of the molecule is CC/C=C\C[C@H]1C(=O)CC[C@H]1CC(=O)O.CC/C=C\C[C@H]1C(=O)CC[C@H]1CC(=O)OC. The molecule has 0 bridgehead atoms. The molecular formula is C25H38O6. The number of carboxylic acids is 1. The Balaban J connectivity index is 0.000000311. The Morgan fingerprint density at radius 1 is 0.871 bits per heavy atom. The van der Waals surface area contributed by atoms with E-state index >= 15 is 0 Å². The maximum absolute atomic E-state index is 11.7. The fraction of sp³-hybridized carbons (Fsp3) is 0.680. The molecule has 2 saturated carbocycles. The van der Waals surface area contributed by atoms with Crippen molar-refractivity contribution >= 4 is 23.5 Å². The largest absolute Gasteiger partial charge is 0.481 e. The van der Waals surface area contributed by atoms with Crippen LogP contribution < -0.4 is 0 Å². The van der Waals surface area contributed by atoms with Gasteiger partial charge in [-0.05, 0) is 50.4 Å².